The van der Waals surface area contributed by atoms with E-state index in [2.05, 4.69) is 88.8 Å². The molecule has 0 saturated carbocycles. The molecule has 0 amide bonds. The van der Waals surface area contributed by atoms with Crippen molar-refractivity contribution in [3.05, 3.63) is 91.1 Å². The summed E-state index contributed by atoms with van der Waals surface area (Å²) in [6.07, 6.45) is 1.88. The zero-order valence-corrected chi connectivity index (χ0v) is 15.1. The summed E-state index contributed by atoms with van der Waals surface area (Å²) in [6.45, 7) is 0. The van der Waals surface area contributed by atoms with Gasteiger partial charge in [0.2, 0.25) is 0 Å². The molecule has 6 aromatic rings. The summed E-state index contributed by atoms with van der Waals surface area (Å²) in [7, 11) is 0. The van der Waals surface area contributed by atoms with Crippen LogP contribution in [-0.2, 0) is 0 Å². The lowest BCUT2D eigenvalue weighted by atomic mass is 10.0. The third-order valence-electron chi connectivity index (χ3n) is 5.39. The molecule has 3 aromatic heterocycles. The molecule has 6 rings (SSSR count). The molecule has 0 fully saturated rings. The summed E-state index contributed by atoms with van der Waals surface area (Å²) in [5, 5.41) is 4.75. The number of nitrogens with one attached hydrogen (secondary N) is 2. The predicted octanol–water partition coefficient (Wildman–Crippen LogP) is 6.53. The van der Waals surface area contributed by atoms with Gasteiger partial charge in [-0.05, 0) is 47.3 Å². The normalized spacial score (nSPS) is 11.6. The number of hydrogen-bond donors (Lipinski definition) is 2. The molecule has 3 aromatic carbocycles. The van der Waals surface area contributed by atoms with Crippen LogP contribution in [0.4, 0.5) is 0 Å². The van der Waals surface area contributed by atoms with Crippen molar-refractivity contribution < 1.29 is 0 Å². The monoisotopic (exact) mass is 359 g/mol. The molecule has 0 unspecified atom stereocenters. The summed E-state index contributed by atoms with van der Waals surface area (Å²) >= 11 is 0. The number of pyridine rings is 1. The molecule has 28 heavy (non-hydrogen) atoms. The Morgan fingerprint density at radius 3 is 2.00 bits per heavy atom. The maximum atomic E-state index is 4.71. The van der Waals surface area contributed by atoms with E-state index in [9.17, 15) is 0 Å². The maximum absolute atomic E-state index is 4.71. The quantitative estimate of drug-likeness (QED) is 0.363. The third-order valence-corrected chi connectivity index (χ3v) is 5.39. The van der Waals surface area contributed by atoms with E-state index in [0.29, 0.717) is 0 Å². The Kier molecular flexibility index (Phi) is 3.17. The lowest BCUT2D eigenvalue weighted by molar-refractivity contribution is 1.32. The van der Waals surface area contributed by atoms with Gasteiger partial charge >= 0.3 is 0 Å². The van der Waals surface area contributed by atoms with Gasteiger partial charge in [0.25, 0.3) is 0 Å². The number of para-hydroxylation sites is 2. The number of rotatable bonds is 2. The van der Waals surface area contributed by atoms with Gasteiger partial charge in [-0.2, -0.15) is 0 Å². The van der Waals surface area contributed by atoms with Gasteiger partial charge in [-0.1, -0.05) is 48.5 Å². The number of hydrogen-bond acceptors (Lipinski definition) is 1. The Morgan fingerprint density at radius 2 is 1.25 bits per heavy atom. The predicted molar refractivity (Wildman–Crippen MR) is 116 cm³/mol. The van der Waals surface area contributed by atoms with Crippen molar-refractivity contribution in [1.29, 1.82) is 0 Å². The summed E-state index contributed by atoms with van der Waals surface area (Å²) in [4.78, 5) is 11.8. The van der Waals surface area contributed by atoms with E-state index >= 15 is 0 Å². The van der Waals surface area contributed by atoms with Crippen LogP contribution in [0.1, 0.15) is 0 Å². The van der Waals surface area contributed by atoms with Crippen molar-refractivity contribution in [3.63, 3.8) is 0 Å². The molecule has 3 nitrogen and oxygen atoms in total. The van der Waals surface area contributed by atoms with Gasteiger partial charge in [0.15, 0.2) is 0 Å². The highest BCUT2D eigenvalue weighted by atomic mass is 14.8. The van der Waals surface area contributed by atoms with Gasteiger partial charge in [0.05, 0.1) is 11.4 Å². The van der Waals surface area contributed by atoms with Crippen LogP contribution in [0.15, 0.2) is 91.1 Å². The van der Waals surface area contributed by atoms with Crippen molar-refractivity contribution in [3.8, 4) is 22.6 Å². The fourth-order valence-corrected chi connectivity index (χ4v) is 3.98. The first kappa shape index (κ1) is 15.2. The van der Waals surface area contributed by atoms with E-state index < -0.39 is 0 Å². The second-order valence-corrected chi connectivity index (χ2v) is 7.14. The molecule has 0 aliphatic rings. The summed E-state index contributed by atoms with van der Waals surface area (Å²) in [5.74, 6) is 0. The van der Waals surface area contributed by atoms with Gasteiger partial charge in [0.1, 0.15) is 0 Å². The fraction of sp³-hybridized carbons (Fsp3) is 0. The van der Waals surface area contributed by atoms with E-state index in [1.165, 1.54) is 16.2 Å². The van der Waals surface area contributed by atoms with E-state index in [1.807, 2.05) is 12.3 Å². The van der Waals surface area contributed by atoms with Crippen LogP contribution < -0.4 is 0 Å². The number of aromatic nitrogens is 3. The van der Waals surface area contributed by atoms with E-state index in [-0.39, 0.29) is 0 Å². The van der Waals surface area contributed by atoms with Crippen molar-refractivity contribution in [1.82, 2.24) is 15.0 Å². The number of aromatic amines is 2. The number of nitrogens with zero attached hydrogens (tertiary/aromatic N) is 1. The second-order valence-electron chi connectivity index (χ2n) is 7.14. The smallest absolute Gasteiger partial charge is 0.0943 e. The Morgan fingerprint density at radius 1 is 0.571 bits per heavy atom. The molecule has 0 spiro atoms. The van der Waals surface area contributed by atoms with Crippen LogP contribution in [0.3, 0.4) is 0 Å². The fourth-order valence-electron chi connectivity index (χ4n) is 3.98. The van der Waals surface area contributed by atoms with Crippen molar-refractivity contribution in [2.24, 2.45) is 0 Å². The average molecular weight is 359 g/mol. The molecule has 0 radical (unpaired) electrons. The minimum atomic E-state index is 0.978. The Hall–Kier alpha value is -3.85. The first-order valence-corrected chi connectivity index (χ1v) is 9.40. The Labute approximate surface area is 161 Å². The lowest BCUT2D eigenvalue weighted by Crippen LogP contribution is -1.87. The van der Waals surface area contributed by atoms with Gasteiger partial charge in [-0.3, -0.25) is 4.98 Å². The van der Waals surface area contributed by atoms with Crippen LogP contribution in [-0.4, -0.2) is 15.0 Å². The van der Waals surface area contributed by atoms with Gasteiger partial charge in [-0.25, -0.2) is 0 Å². The van der Waals surface area contributed by atoms with Crippen molar-refractivity contribution >= 4 is 32.6 Å². The number of H-pyrrole nitrogens is 2. The molecule has 0 atom stereocenters. The topological polar surface area (TPSA) is 44.5 Å². The number of fused-ring (bicyclic) bond motifs is 3. The summed E-state index contributed by atoms with van der Waals surface area (Å²) in [6, 6.07) is 29.7. The average Bonchev–Trinajstić information content (AvgIpc) is 3.37. The molecule has 0 bridgehead atoms. The summed E-state index contributed by atoms with van der Waals surface area (Å²) in [5.41, 5.74) is 6.58. The zero-order chi connectivity index (χ0) is 18.5. The first-order valence-electron chi connectivity index (χ1n) is 9.40. The molecule has 3 heteroatoms. The number of benzene rings is 3. The molecule has 0 aliphatic heterocycles. The molecule has 0 saturated heterocycles. The minimum absolute atomic E-state index is 0.978. The highest BCUT2D eigenvalue weighted by molar-refractivity contribution is 5.99. The van der Waals surface area contributed by atoms with Crippen LogP contribution in [0.25, 0.3) is 55.2 Å². The van der Waals surface area contributed by atoms with Crippen LogP contribution in [0.5, 0.6) is 0 Å². The standard InChI is InChI=1S/C25H17N3/c1-3-7-21-17(5-1)14-23(27-21)19-10-9-16-11-12-26-25(20(16)13-19)24-15-18-6-2-4-8-22(18)28-24/h1-15,27-28H. The van der Waals surface area contributed by atoms with Crippen LogP contribution >= 0.6 is 0 Å². The molecular weight excluding hydrogens is 342 g/mol. The Bertz CT molecular complexity index is 1400. The SMILES string of the molecule is c1ccc2[nH]c(-c3ccc4ccnc(-c5cc6ccccc6[nH]5)c4c3)cc2c1. The van der Waals surface area contributed by atoms with Gasteiger partial charge in [0, 0.05) is 39.1 Å². The molecule has 132 valence electrons. The zero-order valence-electron chi connectivity index (χ0n) is 15.1. The lowest BCUT2D eigenvalue weighted by Gasteiger charge is -2.06. The highest BCUT2D eigenvalue weighted by Crippen LogP contribution is 2.32. The van der Waals surface area contributed by atoms with Gasteiger partial charge < -0.3 is 9.97 Å². The van der Waals surface area contributed by atoms with Gasteiger partial charge in [-0.15, -0.1) is 0 Å². The van der Waals surface area contributed by atoms with Crippen molar-refractivity contribution in [2.75, 3.05) is 0 Å². The molecule has 2 N–H and O–H groups in total. The summed E-state index contributed by atoms with van der Waals surface area (Å²) < 4.78 is 0. The molecular formula is C25H17N3. The Balaban J connectivity index is 1.56. The van der Waals surface area contributed by atoms with E-state index in [0.717, 1.165) is 39.1 Å². The van der Waals surface area contributed by atoms with Crippen LogP contribution in [0.2, 0.25) is 0 Å². The third kappa shape index (κ3) is 2.33. The first-order chi connectivity index (χ1) is 13.8. The van der Waals surface area contributed by atoms with Crippen molar-refractivity contribution in [2.45, 2.75) is 0 Å². The highest BCUT2D eigenvalue weighted by Gasteiger charge is 2.11. The second kappa shape index (κ2) is 5.83. The minimum Gasteiger partial charge on any atom is -0.355 e. The van der Waals surface area contributed by atoms with E-state index in [4.69, 9.17) is 4.98 Å². The van der Waals surface area contributed by atoms with E-state index in [1.54, 1.807) is 0 Å². The molecule has 3 heterocycles. The van der Waals surface area contributed by atoms with Crippen LogP contribution in [0, 0.1) is 0 Å². The molecule has 0 aliphatic carbocycles. The largest absolute Gasteiger partial charge is 0.355 e. The maximum Gasteiger partial charge on any atom is 0.0943 e.